The van der Waals surface area contributed by atoms with Crippen LogP contribution in [-0.2, 0) is 4.79 Å². The Bertz CT molecular complexity index is 682. The van der Waals surface area contributed by atoms with Crippen LogP contribution in [0.25, 0.3) is 0 Å². The maximum atomic E-state index is 11.6. The molecule has 0 spiro atoms. The van der Waals surface area contributed by atoms with Crippen molar-refractivity contribution in [1.29, 1.82) is 0 Å². The van der Waals surface area contributed by atoms with Gasteiger partial charge in [-0.15, -0.1) is 0 Å². The van der Waals surface area contributed by atoms with Crippen molar-refractivity contribution in [2.45, 2.75) is 23.6 Å². The second-order valence-electron chi connectivity index (χ2n) is 5.16. The molecule has 1 amide bonds. The second kappa shape index (κ2) is 8.08. The SMILES string of the molecule is CC(C)C(=O)Nc1ccc(SSc2ccc(C(=O)O)cc2)cc1. The number of hydrogen-bond acceptors (Lipinski definition) is 4. The molecular formula is C17H17NO3S2. The molecule has 4 nitrogen and oxygen atoms in total. The monoisotopic (exact) mass is 347 g/mol. The van der Waals surface area contributed by atoms with Crippen molar-refractivity contribution in [3.05, 3.63) is 54.1 Å². The van der Waals surface area contributed by atoms with Gasteiger partial charge in [0.15, 0.2) is 0 Å². The summed E-state index contributed by atoms with van der Waals surface area (Å²) in [6.07, 6.45) is 0. The summed E-state index contributed by atoms with van der Waals surface area (Å²) in [5, 5.41) is 11.7. The molecule has 0 bridgehead atoms. The van der Waals surface area contributed by atoms with Crippen LogP contribution < -0.4 is 5.32 Å². The third kappa shape index (κ3) is 5.33. The Hall–Kier alpha value is -1.92. The summed E-state index contributed by atoms with van der Waals surface area (Å²) in [7, 11) is 3.13. The zero-order valence-corrected chi connectivity index (χ0v) is 14.4. The van der Waals surface area contributed by atoms with E-state index >= 15 is 0 Å². The Kier molecular flexibility index (Phi) is 6.12. The molecule has 2 N–H and O–H groups in total. The van der Waals surface area contributed by atoms with E-state index in [9.17, 15) is 9.59 Å². The van der Waals surface area contributed by atoms with Gasteiger partial charge in [-0.2, -0.15) is 0 Å². The molecule has 0 saturated heterocycles. The van der Waals surface area contributed by atoms with E-state index in [1.165, 1.54) is 0 Å². The lowest BCUT2D eigenvalue weighted by Crippen LogP contribution is -2.17. The molecule has 2 aromatic rings. The Labute approximate surface area is 143 Å². The fourth-order valence-electron chi connectivity index (χ4n) is 1.63. The predicted molar refractivity (Wildman–Crippen MR) is 95.0 cm³/mol. The summed E-state index contributed by atoms with van der Waals surface area (Å²) in [6, 6.07) is 14.4. The summed E-state index contributed by atoms with van der Waals surface area (Å²) in [5.41, 5.74) is 1.06. The molecule has 0 aliphatic rings. The van der Waals surface area contributed by atoms with E-state index in [-0.39, 0.29) is 17.4 Å². The van der Waals surface area contributed by atoms with Crippen LogP contribution in [0.1, 0.15) is 24.2 Å². The van der Waals surface area contributed by atoms with Crippen LogP contribution in [0.2, 0.25) is 0 Å². The smallest absolute Gasteiger partial charge is 0.335 e. The van der Waals surface area contributed by atoms with E-state index in [2.05, 4.69) is 5.32 Å². The molecule has 0 unspecified atom stereocenters. The van der Waals surface area contributed by atoms with Crippen molar-refractivity contribution in [2.75, 3.05) is 5.32 Å². The molecule has 120 valence electrons. The highest BCUT2D eigenvalue weighted by atomic mass is 33.1. The van der Waals surface area contributed by atoms with E-state index in [0.717, 1.165) is 15.5 Å². The van der Waals surface area contributed by atoms with Gasteiger partial charge in [0.2, 0.25) is 5.91 Å². The average Bonchev–Trinajstić information content (AvgIpc) is 2.54. The first kappa shape index (κ1) is 17.4. The van der Waals surface area contributed by atoms with Crippen LogP contribution in [0, 0.1) is 5.92 Å². The number of hydrogen-bond donors (Lipinski definition) is 2. The van der Waals surface area contributed by atoms with Crippen LogP contribution in [-0.4, -0.2) is 17.0 Å². The summed E-state index contributed by atoms with van der Waals surface area (Å²) in [5.74, 6) is -0.972. The first-order chi connectivity index (χ1) is 11.0. The topological polar surface area (TPSA) is 66.4 Å². The lowest BCUT2D eigenvalue weighted by molar-refractivity contribution is -0.118. The van der Waals surface area contributed by atoms with Crippen molar-refractivity contribution in [3.8, 4) is 0 Å². The van der Waals surface area contributed by atoms with Gasteiger partial charge in [-0.1, -0.05) is 35.4 Å². The van der Waals surface area contributed by atoms with Crippen molar-refractivity contribution < 1.29 is 14.7 Å². The van der Waals surface area contributed by atoms with E-state index in [1.54, 1.807) is 45.9 Å². The number of carbonyl (C=O) groups is 2. The van der Waals surface area contributed by atoms with Crippen molar-refractivity contribution in [3.63, 3.8) is 0 Å². The van der Waals surface area contributed by atoms with Gasteiger partial charge in [-0.25, -0.2) is 4.79 Å². The molecule has 0 atom stereocenters. The Morgan fingerprint density at radius 2 is 1.39 bits per heavy atom. The molecule has 23 heavy (non-hydrogen) atoms. The molecule has 0 aliphatic heterocycles. The number of aromatic carboxylic acids is 1. The van der Waals surface area contributed by atoms with Gasteiger partial charge in [-0.05, 0) is 48.5 Å². The lowest BCUT2D eigenvalue weighted by atomic mass is 10.2. The number of amides is 1. The first-order valence-corrected chi connectivity index (χ1v) is 9.19. The summed E-state index contributed by atoms with van der Waals surface area (Å²) in [6.45, 7) is 3.71. The van der Waals surface area contributed by atoms with Gasteiger partial charge in [0.25, 0.3) is 0 Å². The Morgan fingerprint density at radius 1 is 0.913 bits per heavy atom. The molecule has 0 saturated carbocycles. The molecule has 2 aromatic carbocycles. The number of nitrogens with one attached hydrogen (secondary N) is 1. The van der Waals surface area contributed by atoms with Gasteiger partial charge in [0.1, 0.15) is 0 Å². The third-order valence-corrected chi connectivity index (χ3v) is 5.40. The summed E-state index contributed by atoms with van der Waals surface area (Å²) < 4.78 is 0. The number of rotatable bonds is 6. The first-order valence-electron chi connectivity index (χ1n) is 7.04. The van der Waals surface area contributed by atoms with Crippen molar-refractivity contribution in [2.24, 2.45) is 5.92 Å². The summed E-state index contributed by atoms with van der Waals surface area (Å²) in [4.78, 5) is 24.5. The van der Waals surface area contributed by atoms with Gasteiger partial charge in [0, 0.05) is 21.4 Å². The highest BCUT2D eigenvalue weighted by molar-refractivity contribution is 8.76. The maximum absolute atomic E-state index is 11.6. The average molecular weight is 347 g/mol. The van der Waals surface area contributed by atoms with E-state index in [1.807, 2.05) is 38.1 Å². The number of carbonyl (C=O) groups excluding carboxylic acids is 1. The van der Waals surface area contributed by atoms with Gasteiger partial charge in [0.05, 0.1) is 5.56 Å². The van der Waals surface area contributed by atoms with Crippen LogP contribution >= 0.6 is 21.6 Å². The molecule has 0 fully saturated rings. The van der Waals surface area contributed by atoms with Crippen LogP contribution in [0.5, 0.6) is 0 Å². The summed E-state index contributed by atoms with van der Waals surface area (Å²) >= 11 is 0. The fourth-order valence-corrected chi connectivity index (χ4v) is 3.56. The normalized spacial score (nSPS) is 10.6. The maximum Gasteiger partial charge on any atom is 0.335 e. The minimum absolute atomic E-state index is 0.00158. The van der Waals surface area contributed by atoms with Gasteiger partial charge in [-0.3, -0.25) is 4.79 Å². The fraction of sp³-hybridized carbons (Fsp3) is 0.176. The van der Waals surface area contributed by atoms with Gasteiger partial charge >= 0.3 is 5.97 Å². The number of anilines is 1. The quantitative estimate of drug-likeness (QED) is 0.736. The minimum atomic E-state index is -0.923. The number of benzene rings is 2. The van der Waals surface area contributed by atoms with E-state index in [0.29, 0.717) is 0 Å². The Morgan fingerprint density at radius 3 is 1.83 bits per heavy atom. The highest BCUT2D eigenvalue weighted by Gasteiger charge is 2.07. The zero-order chi connectivity index (χ0) is 16.8. The number of carboxylic acid groups (broad SMARTS) is 1. The lowest BCUT2D eigenvalue weighted by Gasteiger charge is -2.08. The van der Waals surface area contributed by atoms with Crippen molar-refractivity contribution >= 4 is 39.2 Å². The second-order valence-corrected chi connectivity index (χ2v) is 7.44. The largest absolute Gasteiger partial charge is 0.478 e. The molecule has 2 rings (SSSR count). The highest BCUT2D eigenvalue weighted by Crippen LogP contribution is 2.37. The van der Waals surface area contributed by atoms with Crippen LogP contribution in [0.3, 0.4) is 0 Å². The van der Waals surface area contributed by atoms with E-state index < -0.39 is 5.97 Å². The zero-order valence-electron chi connectivity index (χ0n) is 12.8. The minimum Gasteiger partial charge on any atom is -0.478 e. The molecule has 0 heterocycles. The molecule has 6 heteroatoms. The van der Waals surface area contributed by atoms with E-state index in [4.69, 9.17) is 5.11 Å². The van der Waals surface area contributed by atoms with Crippen LogP contribution in [0.4, 0.5) is 5.69 Å². The third-order valence-electron chi connectivity index (χ3n) is 2.98. The molecule has 0 aliphatic carbocycles. The van der Waals surface area contributed by atoms with Gasteiger partial charge < -0.3 is 10.4 Å². The molecule has 0 aromatic heterocycles. The molecular weight excluding hydrogens is 330 g/mol. The van der Waals surface area contributed by atoms with Crippen LogP contribution in [0.15, 0.2) is 58.3 Å². The molecule has 0 radical (unpaired) electrons. The Balaban J connectivity index is 1.91. The predicted octanol–water partition coefficient (Wildman–Crippen LogP) is 4.78. The number of carboxylic acids is 1. The standard InChI is InChI=1S/C17H17NO3S2/c1-11(2)16(19)18-13-5-9-15(10-6-13)23-22-14-7-3-12(4-8-14)17(20)21/h3-11H,1-2H3,(H,18,19)(H,20,21). The van der Waals surface area contributed by atoms with Crippen molar-refractivity contribution in [1.82, 2.24) is 0 Å².